The number of rotatable bonds is 6. The van der Waals surface area contributed by atoms with Crippen LogP contribution in [0.3, 0.4) is 0 Å². The molecule has 4 nitrogen and oxygen atoms in total. The first-order valence-electron chi connectivity index (χ1n) is 8.40. The largest absolute Gasteiger partial charge is 0.484 e. The average Bonchev–Trinajstić information content (AvgIpc) is 3.21. The Morgan fingerprint density at radius 3 is 2.64 bits per heavy atom. The van der Waals surface area contributed by atoms with E-state index < -0.39 is 0 Å². The van der Waals surface area contributed by atoms with Crippen molar-refractivity contribution in [3.63, 3.8) is 0 Å². The minimum Gasteiger partial charge on any atom is -0.484 e. The molecular weight excluding hydrogens is 354 g/mol. The zero-order valence-corrected chi connectivity index (χ0v) is 16.1. The van der Waals surface area contributed by atoms with E-state index in [-0.39, 0.29) is 18.6 Å². The van der Waals surface area contributed by atoms with E-state index in [0.717, 1.165) is 11.5 Å². The van der Waals surface area contributed by atoms with Gasteiger partial charge in [0.2, 0.25) is 0 Å². The van der Waals surface area contributed by atoms with Crippen molar-refractivity contribution >= 4 is 29.4 Å². The standard InChI is InChI=1S/C19H23NO3S2/c1-14(17-5-3-10-22-17)20(2)18(21)13-23-16-8-6-15(7-9-16)19-24-11-4-12-25-19/h3,5-10,14,19H,4,11-13H2,1-2H3. The molecule has 1 aliphatic rings. The van der Waals surface area contributed by atoms with Gasteiger partial charge in [0.05, 0.1) is 16.9 Å². The molecule has 6 heteroatoms. The van der Waals surface area contributed by atoms with Crippen LogP contribution in [0.4, 0.5) is 0 Å². The molecule has 0 spiro atoms. The normalized spacial score (nSPS) is 16.4. The molecule has 1 aromatic heterocycles. The second-order valence-electron chi connectivity index (χ2n) is 5.98. The van der Waals surface area contributed by atoms with Crippen molar-refractivity contribution in [2.75, 3.05) is 25.2 Å². The van der Waals surface area contributed by atoms with Crippen LogP contribution in [0.1, 0.15) is 35.3 Å². The number of thioether (sulfide) groups is 2. The Kier molecular flexibility index (Phi) is 6.37. The highest BCUT2D eigenvalue weighted by atomic mass is 32.2. The Hall–Kier alpha value is -1.53. The second kappa shape index (κ2) is 8.72. The topological polar surface area (TPSA) is 42.7 Å². The van der Waals surface area contributed by atoms with Gasteiger partial charge in [-0.1, -0.05) is 12.1 Å². The Morgan fingerprint density at radius 2 is 2.00 bits per heavy atom. The van der Waals surface area contributed by atoms with E-state index in [1.165, 1.54) is 23.5 Å². The van der Waals surface area contributed by atoms with Gasteiger partial charge >= 0.3 is 0 Å². The van der Waals surface area contributed by atoms with E-state index in [0.29, 0.717) is 4.58 Å². The third kappa shape index (κ3) is 4.76. The van der Waals surface area contributed by atoms with Gasteiger partial charge in [0, 0.05) is 7.05 Å². The fraction of sp³-hybridized carbons (Fsp3) is 0.421. The minimum atomic E-state index is -0.117. The summed E-state index contributed by atoms with van der Waals surface area (Å²) in [6.07, 6.45) is 2.91. The molecule has 1 atom stereocenters. The van der Waals surface area contributed by atoms with Gasteiger partial charge in [-0.25, -0.2) is 0 Å². The molecule has 2 aromatic rings. The number of carbonyl (C=O) groups excluding carboxylic acids is 1. The van der Waals surface area contributed by atoms with Crippen LogP contribution in [-0.2, 0) is 4.79 Å². The van der Waals surface area contributed by atoms with Crippen molar-refractivity contribution in [2.24, 2.45) is 0 Å². The number of benzene rings is 1. The van der Waals surface area contributed by atoms with Gasteiger partial charge in [0.15, 0.2) is 6.61 Å². The number of amides is 1. The van der Waals surface area contributed by atoms with Crippen molar-refractivity contribution in [1.82, 2.24) is 4.90 Å². The summed E-state index contributed by atoms with van der Waals surface area (Å²) >= 11 is 4.00. The van der Waals surface area contributed by atoms with E-state index in [9.17, 15) is 4.79 Å². The number of carbonyl (C=O) groups is 1. The molecule has 134 valence electrons. The smallest absolute Gasteiger partial charge is 0.260 e. The Morgan fingerprint density at radius 1 is 1.28 bits per heavy atom. The van der Waals surface area contributed by atoms with E-state index in [2.05, 4.69) is 12.1 Å². The minimum absolute atomic E-state index is 0.0217. The first-order valence-corrected chi connectivity index (χ1v) is 10.5. The fourth-order valence-corrected chi connectivity index (χ4v) is 5.48. The van der Waals surface area contributed by atoms with Gasteiger partial charge in [-0.15, -0.1) is 23.5 Å². The maximum absolute atomic E-state index is 12.3. The van der Waals surface area contributed by atoms with Crippen LogP contribution < -0.4 is 4.74 Å². The molecule has 3 rings (SSSR count). The number of likely N-dealkylation sites (N-methyl/N-ethyl adjacent to an activating group) is 1. The molecule has 1 amide bonds. The van der Waals surface area contributed by atoms with Crippen molar-refractivity contribution in [1.29, 1.82) is 0 Å². The highest BCUT2D eigenvalue weighted by molar-refractivity contribution is 8.16. The molecule has 2 heterocycles. The lowest BCUT2D eigenvalue weighted by Crippen LogP contribution is -2.33. The number of ether oxygens (including phenoxy) is 1. The molecule has 25 heavy (non-hydrogen) atoms. The molecule has 1 unspecified atom stereocenters. The second-order valence-corrected chi connectivity index (χ2v) is 8.71. The molecule has 0 aliphatic carbocycles. The summed E-state index contributed by atoms with van der Waals surface area (Å²) in [7, 11) is 1.76. The monoisotopic (exact) mass is 377 g/mol. The molecule has 1 aromatic carbocycles. The summed E-state index contributed by atoms with van der Waals surface area (Å²) in [4.78, 5) is 14.0. The maximum Gasteiger partial charge on any atom is 0.260 e. The number of hydrogen-bond acceptors (Lipinski definition) is 5. The summed E-state index contributed by atoms with van der Waals surface area (Å²) in [5.41, 5.74) is 1.32. The van der Waals surface area contributed by atoms with Crippen LogP contribution in [0.2, 0.25) is 0 Å². The van der Waals surface area contributed by atoms with Gasteiger partial charge in [-0.05, 0) is 54.7 Å². The molecule has 0 N–H and O–H groups in total. The van der Waals surface area contributed by atoms with Gasteiger partial charge in [0.1, 0.15) is 11.5 Å². The first kappa shape index (κ1) is 18.3. The van der Waals surface area contributed by atoms with Gasteiger partial charge in [-0.2, -0.15) is 0 Å². The molecule has 0 radical (unpaired) electrons. The first-order chi connectivity index (χ1) is 12.1. The lowest BCUT2D eigenvalue weighted by atomic mass is 10.2. The van der Waals surface area contributed by atoms with Crippen LogP contribution in [0, 0.1) is 0 Å². The third-order valence-electron chi connectivity index (χ3n) is 4.27. The van der Waals surface area contributed by atoms with Crippen LogP contribution in [0.15, 0.2) is 47.1 Å². The fourth-order valence-electron chi connectivity index (χ4n) is 2.58. The van der Waals surface area contributed by atoms with Gasteiger partial charge in [0.25, 0.3) is 5.91 Å². The average molecular weight is 378 g/mol. The zero-order chi connectivity index (χ0) is 17.6. The molecule has 1 aliphatic heterocycles. The molecule has 1 fully saturated rings. The van der Waals surface area contributed by atoms with Crippen molar-refractivity contribution in [3.8, 4) is 5.75 Å². The van der Waals surface area contributed by atoms with Crippen LogP contribution in [0.25, 0.3) is 0 Å². The van der Waals surface area contributed by atoms with Crippen molar-refractivity contribution in [3.05, 3.63) is 54.0 Å². The number of nitrogens with zero attached hydrogens (tertiary/aromatic N) is 1. The SMILES string of the molecule is CC(c1ccco1)N(C)C(=O)COc1ccc(C2SCCCS2)cc1. The predicted molar refractivity (Wildman–Crippen MR) is 104 cm³/mol. The van der Waals surface area contributed by atoms with Crippen LogP contribution in [-0.4, -0.2) is 36.0 Å². The highest BCUT2D eigenvalue weighted by Gasteiger charge is 2.20. The van der Waals surface area contributed by atoms with Crippen molar-refractivity contribution < 1.29 is 13.9 Å². The quantitative estimate of drug-likeness (QED) is 0.727. The van der Waals surface area contributed by atoms with Crippen LogP contribution in [0.5, 0.6) is 5.75 Å². The van der Waals surface area contributed by atoms with Crippen LogP contribution >= 0.6 is 23.5 Å². The Labute approximate surface area is 157 Å². The lowest BCUT2D eigenvalue weighted by molar-refractivity contribution is -0.134. The summed E-state index contributed by atoms with van der Waals surface area (Å²) < 4.78 is 11.5. The molecular formula is C19H23NO3S2. The third-order valence-corrected chi connectivity index (χ3v) is 7.29. The Balaban J connectivity index is 1.51. The number of hydrogen-bond donors (Lipinski definition) is 0. The zero-order valence-electron chi connectivity index (χ0n) is 14.5. The van der Waals surface area contributed by atoms with E-state index in [1.807, 2.05) is 54.7 Å². The van der Waals surface area contributed by atoms with E-state index in [4.69, 9.17) is 9.15 Å². The van der Waals surface area contributed by atoms with Gasteiger partial charge in [-0.3, -0.25) is 4.79 Å². The maximum atomic E-state index is 12.3. The Bertz CT molecular complexity index is 666. The van der Waals surface area contributed by atoms with E-state index in [1.54, 1.807) is 18.2 Å². The van der Waals surface area contributed by atoms with Gasteiger partial charge < -0.3 is 14.1 Å². The summed E-state index contributed by atoms with van der Waals surface area (Å²) in [6.45, 7) is 1.96. The molecule has 0 saturated carbocycles. The van der Waals surface area contributed by atoms with E-state index >= 15 is 0 Å². The summed E-state index contributed by atoms with van der Waals surface area (Å²) in [6, 6.07) is 11.7. The highest BCUT2D eigenvalue weighted by Crippen LogP contribution is 2.43. The van der Waals surface area contributed by atoms with Crippen molar-refractivity contribution in [2.45, 2.75) is 24.0 Å². The molecule has 1 saturated heterocycles. The molecule has 0 bridgehead atoms. The predicted octanol–water partition coefficient (Wildman–Crippen LogP) is 4.75. The summed E-state index contributed by atoms with van der Waals surface area (Å²) in [5.74, 6) is 3.87. The lowest BCUT2D eigenvalue weighted by Gasteiger charge is -2.23. The number of furan rings is 1. The summed E-state index contributed by atoms with van der Waals surface area (Å²) in [5, 5.41) is 0.